The molecule has 3 heteroatoms. The number of hydrogen-bond donors (Lipinski definition) is 1. The Morgan fingerprint density at radius 3 is 2.80 bits per heavy atom. The minimum absolute atomic E-state index is 0.750. The van der Waals surface area contributed by atoms with E-state index in [1.165, 1.54) is 18.7 Å². The maximum absolute atomic E-state index is 4.30. The number of hydrogen-bond acceptors (Lipinski definition) is 2. The van der Waals surface area contributed by atoms with E-state index in [0.717, 1.165) is 25.4 Å². The maximum atomic E-state index is 4.30. The highest BCUT2D eigenvalue weighted by Crippen LogP contribution is 2.01. The molecule has 0 bridgehead atoms. The predicted molar refractivity (Wildman–Crippen MR) is 63.9 cm³/mol. The topological polar surface area (TPSA) is 29.9 Å². The van der Waals surface area contributed by atoms with Crippen molar-refractivity contribution in [2.75, 3.05) is 13.1 Å². The number of nitrogens with zero attached hydrogens (tertiary/aromatic N) is 2. The second-order valence-electron chi connectivity index (χ2n) is 4.51. The number of imidazole rings is 1. The summed E-state index contributed by atoms with van der Waals surface area (Å²) in [6.07, 6.45) is 7.42. The van der Waals surface area contributed by atoms with Gasteiger partial charge in [-0.3, -0.25) is 0 Å². The molecule has 3 nitrogen and oxygen atoms in total. The van der Waals surface area contributed by atoms with Gasteiger partial charge in [-0.15, -0.1) is 0 Å². The molecular weight excluding hydrogens is 186 g/mol. The van der Waals surface area contributed by atoms with E-state index in [9.17, 15) is 0 Å². The standard InChI is InChI=1S/C12H23N3/c1-11(2)10-13-7-5-4-6-12-14-8-9-15(12)3/h8-9,11,13H,4-7,10H2,1-3H3. The molecule has 0 unspecified atom stereocenters. The lowest BCUT2D eigenvalue weighted by atomic mass is 10.2. The van der Waals surface area contributed by atoms with Crippen molar-refractivity contribution < 1.29 is 0 Å². The Bertz CT molecular complexity index is 266. The average molecular weight is 209 g/mol. The molecule has 15 heavy (non-hydrogen) atoms. The molecule has 0 saturated heterocycles. The van der Waals surface area contributed by atoms with Crippen LogP contribution in [0.3, 0.4) is 0 Å². The van der Waals surface area contributed by atoms with Gasteiger partial charge in [0.2, 0.25) is 0 Å². The third-order valence-electron chi connectivity index (χ3n) is 2.48. The molecule has 0 saturated carbocycles. The zero-order valence-corrected chi connectivity index (χ0v) is 10.2. The molecule has 1 heterocycles. The Morgan fingerprint density at radius 1 is 1.40 bits per heavy atom. The summed E-state index contributed by atoms with van der Waals surface area (Å²) >= 11 is 0. The highest BCUT2D eigenvalue weighted by atomic mass is 15.0. The van der Waals surface area contributed by atoms with Gasteiger partial charge in [0, 0.05) is 25.9 Å². The van der Waals surface area contributed by atoms with E-state index in [-0.39, 0.29) is 0 Å². The summed E-state index contributed by atoms with van der Waals surface area (Å²) in [5, 5.41) is 3.45. The van der Waals surface area contributed by atoms with Gasteiger partial charge in [-0.05, 0) is 31.8 Å². The van der Waals surface area contributed by atoms with Crippen LogP contribution in [0.1, 0.15) is 32.5 Å². The van der Waals surface area contributed by atoms with Crippen molar-refractivity contribution in [2.45, 2.75) is 33.1 Å². The minimum Gasteiger partial charge on any atom is -0.338 e. The molecule has 1 N–H and O–H groups in total. The number of rotatable bonds is 7. The van der Waals surface area contributed by atoms with Crippen molar-refractivity contribution in [2.24, 2.45) is 13.0 Å². The maximum Gasteiger partial charge on any atom is 0.108 e. The molecule has 0 aliphatic rings. The van der Waals surface area contributed by atoms with E-state index < -0.39 is 0 Å². The summed E-state index contributed by atoms with van der Waals surface area (Å²) in [6.45, 7) is 6.73. The van der Waals surface area contributed by atoms with Crippen LogP contribution in [0.5, 0.6) is 0 Å². The van der Waals surface area contributed by atoms with Gasteiger partial charge in [0.15, 0.2) is 0 Å². The van der Waals surface area contributed by atoms with Crippen LogP contribution in [-0.4, -0.2) is 22.6 Å². The lowest BCUT2D eigenvalue weighted by Crippen LogP contribution is -2.20. The van der Waals surface area contributed by atoms with Gasteiger partial charge < -0.3 is 9.88 Å². The van der Waals surface area contributed by atoms with Crippen molar-refractivity contribution in [3.05, 3.63) is 18.2 Å². The van der Waals surface area contributed by atoms with Crippen LogP contribution in [0, 0.1) is 5.92 Å². The Balaban J connectivity index is 2.00. The van der Waals surface area contributed by atoms with E-state index in [4.69, 9.17) is 0 Å². The van der Waals surface area contributed by atoms with Crippen LogP contribution in [0.25, 0.3) is 0 Å². The fourth-order valence-corrected chi connectivity index (χ4v) is 1.56. The fourth-order valence-electron chi connectivity index (χ4n) is 1.56. The van der Waals surface area contributed by atoms with Crippen LogP contribution < -0.4 is 5.32 Å². The molecule has 0 atom stereocenters. The van der Waals surface area contributed by atoms with Gasteiger partial charge in [0.05, 0.1) is 0 Å². The van der Waals surface area contributed by atoms with E-state index in [1.807, 2.05) is 12.4 Å². The van der Waals surface area contributed by atoms with Gasteiger partial charge in [-0.25, -0.2) is 4.98 Å². The summed E-state index contributed by atoms with van der Waals surface area (Å²) in [5.41, 5.74) is 0. The summed E-state index contributed by atoms with van der Waals surface area (Å²) in [4.78, 5) is 4.30. The van der Waals surface area contributed by atoms with Gasteiger partial charge in [0.25, 0.3) is 0 Å². The van der Waals surface area contributed by atoms with Gasteiger partial charge >= 0.3 is 0 Å². The predicted octanol–water partition coefficient (Wildman–Crippen LogP) is 1.99. The SMILES string of the molecule is CC(C)CNCCCCc1nccn1C. The van der Waals surface area contributed by atoms with Crippen molar-refractivity contribution in [1.82, 2.24) is 14.9 Å². The van der Waals surface area contributed by atoms with Crippen LogP contribution >= 0.6 is 0 Å². The normalized spacial score (nSPS) is 11.2. The molecule has 1 aromatic rings. The van der Waals surface area contributed by atoms with Crippen LogP contribution in [0.4, 0.5) is 0 Å². The lowest BCUT2D eigenvalue weighted by molar-refractivity contribution is 0.532. The highest BCUT2D eigenvalue weighted by molar-refractivity contribution is 4.90. The Labute approximate surface area is 92.9 Å². The zero-order chi connectivity index (χ0) is 11.1. The second kappa shape index (κ2) is 6.62. The van der Waals surface area contributed by atoms with Gasteiger partial charge in [-0.2, -0.15) is 0 Å². The largest absolute Gasteiger partial charge is 0.338 e. The molecular formula is C12H23N3. The van der Waals surface area contributed by atoms with E-state index >= 15 is 0 Å². The molecule has 0 fully saturated rings. The first-order valence-electron chi connectivity index (χ1n) is 5.87. The van der Waals surface area contributed by atoms with Crippen molar-refractivity contribution in [1.29, 1.82) is 0 Å². The average Bonchev–Trinajstić information content (AvgIpc) is 2.57. The van der Waals surface area contributed by atoms with Crippen molar-refractivity contribution in [3.8, 4) is 0 Å². The summed E-state index contributed by atoms with van der Waals surface area (Å²) < 4.78 is 2.10. The molecule has 0 aliphatic heterocycles. The summed E-state index contributed by atoms with van der Waals surface area (Å²) in [7, 11) is 2.05. The van der Waals surface area contributed by atoms with Gasteiger partial charge in [-0.1, -0.05) is 13.8 Å². The molecule has 0 aliphatic carbocycles. The molecule has 0 aromatic carbocycles. The van der Waals surface area contributed by atoms with Crippen LogP contribution in [0.15, 0.2) is 12.4 Å². The number of aromatic nitrogens is 2. The smallest absolute Gasteiger partial charge is 0.108 e. The van der Waals surface area contributed by atoms with Crippen molar-refractivity contribution >= 4 is 0 Å². The Kier molecular flexibility index (Phi) is 5.40. The third-order valence-corrected chi connectivity index (χ3v) is 2.48. The summed E-state index contributed by atoms with van der Waals surface area (Å²) in [5.74, 6) is 1.94. The lowest BCUT2D eigenvalue weighted by Gasteiger charge is -2.06. The van der Waals surface area contributed by atoms with Crippen LogP contribution in [0.2, 0.25) is 0 Å². The zero-order valence-electron chi connectivity index (χ0n) is 10.2. The third kappa shape index (κ3) is 4.98. The monoisotopic (exact) mass is 209 g/mol. The fraction of sp³-hybridized carbons (Fsp3) is 0.750. The Hall–Kier alpha value is -0.830. The second-order valence-corrected chi connectivity index (χ2v) is 4.51. The number of aryl methyl sites for hydroxylation is 2. The first-order valence-corrected chi connectivity index (χ1v) is 5.87. The Morgan fingerprint density at radius 2 is 2.20 bits per heavy atom. The molecule has 86 valence electrons. The molecule has 0 spiro atoms. The highest BCUT2D eigenvalue weighted by Gasteiger charge is 1.98. The van der Waals surface area contributed by atoms with E-state index in [2.05, 4.69) is 35.8 Å². The first-order chi connectivity index (χ1) is 7.20. The summed E-state index contributed by atoms with van der Waals surface area (Å²) in [6, 6.07) is 0. The van der Waals surface area contributed by atoms with Crippen molar-refractivity contribution in [3.63, 3.8) is 0 Å². The molecule has 1 rings (SSSR count). The minimum atomic E-state index is 0.750. The molecule has 0 radical (unpaired) electrons. The molecule has 0 amide bonds. The van der Waals surface area contributed by atoms with Crippen LogP contribution in [-0.2, 0) is 13.5 Å². The quantitative estimate of drug-likeness (QED) is 0.696. The van der Waals surface area contributed by atoms with E-state index in [0.29, 0.717) is 0 Å². The number of nitrogens with one attached hydrogen (secondary N) is 1. The molecule has 1 aromatic heterocycles. The van der Waals surface area contributed by atoms with Gasteiger partial charge in [0.1, 0.15) is 5.82 Å². The number of unbranched alkanes of at least 4 members (excludes halogenated alkanes) is 1. The first kappa shape index (κ1) is 12.2. The van der Waals surface area contributed by atoms with E-state index in [1.54, 1.807) is 0 Å².